The van der Waals surface area contributed by atoms with Gasteiger partial charge in [0.25, 0.3) is 5.91 Å². The monoisotopic (exact) mass is 475 g/mol. The van der Waals surface area contributed by atoms with Crippen LogP contribution in [0.1, 0.15) is 46.9 Å². The van der Waals surface area contributed by atoms with E-state index in [2.05, 4.69) is 18.2 Å². The number of hydrogen-bond donors (Lipinski definition) is 1. The summed E-state index contributed by atoms with van der Waals surface area (Å²) in [7, 11) is 0. The summed E-state index contributed by atoms with van der Waals surface area (Å²) in [4.78, 5) is 25.5. The van der Waals surface area contributed by atoms with Gasteiger partial charge in [0.05, 0.1) is 11.4 Å². The van der Waals surface area contributed by atoms with E-state index in [1.807, 2.05) is 31.2 Å². The van der Waals surface area contributed by atoms with Gasteiger partial charge >= 0.3 is 5.97 Å². The van der Waals surface area contributed by atoms with Gasteiger partial charge in [0.15, 0.2) is 0 Å². The van der Waals surface area contributed by atoms with Crippen LogP contribution in [0.25, 0.3) is 10.9 Å². The van der Waals surface area contributed by atoms with Gasteiger partial charge in [0.2, 0.25) is 0 Å². The highest BCUT2D eigenvalue weighted by molar-refractivity contribution is 6.30. The molecule has 5 rings (SSSR count). The Morgan fingerprint density at radius 3 is 2.65 bits per heavy atom. The summed E-state index contributed by atoms with van der Waals surface area (Å²) in [6.45, 7) is 2.54. The molecule has 1 heterocycles. The van der Waals surface area contributed by atoms with Crippen LogP contribution in [0.3, 0.4) is 0 Å². The van der Waals surface area contributed by atoms with Crippen molar-refractivity contribution >= 4 is 34.4 Å². The maximum absolute atomic E-state index is 13.6. The second kappa shape index (κ2) is 8.90. The second-order valence-corrected chi connectivity index (χ2v) is 9.33. The molecule has 2 aliphatic carbocycles. The number of allylic oxidation sites excluding steroid dienone is 2. The molecule has 0 bridgehead atoms. The molecule has 0 saturated carbocycles. The lowest BCUT2D eigenvalue weighted by atomic mass is 9.84. The van der Waals surface area contributed by atoms with Crippen molar-refractivity contribution in [1.82, 2.24) is 4.57 Å². The first-order valence-electron chi connectivity index (χ1n) is 11.6. The van der Waals surface area contributed by atoms with E-state index < -0.39 is 17.5 Å². The maximum atomic E-state index is 13.6. The van der Waals surface area contributed by atoms with Crippen molar-refractivity contribution in [3.8, 4) is 0 Å². The standard InChI is InChI=1S/C28H26ClNO4/c1-2-34-28(14-4-3-5-15-28)20-9-13-25-23(17-20)22-16-19(27(32)33)8-12-24(22)30(25)26(31)18-6-10-21(29)11-7-18/h3-7,9-11,13-14,17,19H,2,8,12,15-16H2,1H3,(H,32,33). The Morgan fingerprint density at radius 1 is 1.18 bits per heavy atom. The molecule has 1 N–H and O–H groups in total. The van der Waals surface area contributed by atoms with E-state index in [0.29, 0.717) is 42.9 Å². The fourth-order valence-electron chi connectivity index (χ4n) is 5.25. The molecule has 34 heavy (non-hydrogen) atoms. The molecule has 3 aromatic rings. The van der Waals surface area contributed by atoms with E-state index in [-0.39, 0.29) is 5.91 Å². The third-order valence-corrected chi connectivity index (χ3v) is 7.18. The number of halogens is 1. The molecule has 0 spiro atoms. The van der Waals surface area contributed by atoms with Crippen molar-refractivity contribution in [1.29, 1.82) is 0 Å². The van der Waals surface area contributed by atoms with Crippen LogP contribution >= 0.6 is 11.6 Å². The lowest BCUT2D eigenvalue weighted by molar-refractivity contribution is -0.142. The predicted molar refractivity (Wildman–Crippen MR) is 132 cm³/mol. The number of carboxylic acids is 1. The zero-order chi connectivity index (χ0) is 23.9. The van der Waals surface area contributed by atoms with Crippen LogP contribution in [0, 0.1) is 5.92 Å². The third-order valence-electron chi connectivity index (χ3n) is 6.93. The zero-order valence-electron chi connectivity index (χ0n) is 19.0. The lowest BCUT2D eigenvalue weighted by Gasteiger charge is -2.32. The van der Waals surface area contributed by atoms with E-state index in [1.54, 1.807) is 28.8 Å². The minimum Gasteiger partial charge on any atom is -0.481 e. The molecule has 2 atom stereocenters. The number of carbonyl (C=O) groups excluding carboxylic acids is 1. The lowest BCUT2D eigenvalue weighted by Crippen LogP contribution is -2.28. The van der Waals surface area contributed by atoms with E-state index >= 15 is 0 Å². The number of ether oxygens (including phenoxy) is 1. The summed E-state index contributed by atoms with van der Waals surface area (Å²) in [5.41, 5.74) is 3.60. The normalized spacial score (nSPS) is 21.5. The van der Waals surface area contributed by atoms with Crippen LogP contribution < -0.4 is 0 Å². The molecule has 0 aliphatic heterocycles. The number of aromatic nitrogens is 1. The molecule has 6 heteroatoms. The molecule has 0 saturated heterocycles. The number of aliphatic carboxylic acids is 1. The second-order valence-electron chi connectivity index (χ2n) is 8.90. The quantitative estimate of drug-likeness (QED) is 0.497. The highest BCUT2D eigenvalue weighted by atomic mass is 35.5. The summed E-state index contributed by atoms with van der Waals surface area (Å²) in [6.07, 6.45) is 10.3. The summed E-state index contributed by atoms with van der Waals surface area (Å²) >= 11 is 6.03. The number of fused-ring (bicyclic) bond motifs is 3. The molecule has 2 aliphatic rings. The molecule has 0 amide bonds. The van der Waals surface area contributed by atoms with Crippen LogP contribution in [0.5, 0.6) is 0 Å². The molecule has 1 aromatic heterocycles. The molecule has 0 fully saturated rings. The van der Waals surface area contributed by atoms with Crippen molar-refractivity contribution in [2.45, 2.75) is 38.2 Å². The Balaban J connectivity index is 1.70. The minimum absolute atomic E-state index is 0.135. The van der Waals surface area contributed by atoms with Gasteiger partial charge in [0, 0.05) is 34.7 Å². The number of carbonyl (C=O) groups is 2. The number of rotatable bonds is 5. The number of nitrogens with zero attached hydrogens (tertiary/aromatic N) is 1. The van der Waals surface area contributed by atoms with Crippen molar-refractivity contribution in [3.05, 3.63) is 94.2 Å². The van der Waals surface area contributed by atoms with E-state index in [4.69, 9.17) is 16.3 Å². The van der Waals surface area contributed by atoms with Crippen molar-refractivity contribution in [2.24, 2.45) is 5.92 Å². The van der Waals surface area contributed by atoms with Gasteiger partial charge in [0.1, 0.15) is 5.60 Å². The average molecular weight is 476 g/mol. The fraction of sp³-hybridized carbons (Fsp3) is 0.286. The summed E-state index contributed by atoms with van der Waals surface area (Å²) in [6, 6.07) is 12.9. The topological polar surface area (TPSA) is 68.5 Å². The van der Waals surface area contributed by atoms with Crippen LogP contribution in [-0.2, 0) is 28.0 Å². The van der Waals surface area contributed by atoms with Crippen LogP contribution in [0.2, 0.25) is 5.02 Å². The number of carboxylic acid groups (broad SMARTS) is 1. The Bertz CT molecular complexity index is 1330. The van der Waals surface area contributed by atoms with Gasteiger partial charge in [-0.3, -0.25) is 14.2 Å². The van der Waals surface area contributed by atoms with Gasteiger partial charge in [-0.25, -0.2) is 0 Å². The number of benzene rings is 2. The van der Waals surface area contributed by atoms with E-state index in [1.165, 1.54) is 0 Å². The zero-order valence-corrected chi connectivity index (χ0v) is 19.7. The van der Waals surface area contributed by atoms with Crippen molar-refractivity contribution in [2.75, 3.05) is 6.61 Å². The fourth-order valence-corrected chi connectivity index (χ4v) is 5.37. The van der Waals surface area contributed by atoms with Crippen molar-refractivity contribution < 1.29 is 19.4 Å². The van der Waals surface area contributed by atoms with Crippen molar-refractivity contribution in [3.63, 3.8) is 0 Å². The first kappa shape index (κ1) is 22.6. The highest BCUT2D eigenvalue weighted by Gasteiger charge is 2.34. The van der Waals surface area contributed by atoms with Crippen LogP contribution in [0.15, 0.2) is 66.8 Å². The molecule has 2 aromatic carbocycles. The largest absolute Gasteiger partial charge is 0.481 e. The van der Waals surface area contributed by atoms with E-state index in [0.717, 1.165) is 27.7 Å². The Labute approximate surface area is 203 Å². The molecular weight excluding hydrogens is 450 g/mol. The smallest absolute Gasteiger partial charge is 0.306 e. The minimum atomic E-state index is -0.794. The molecule has 0 radical (unpaired) electrons. The predicted octanol–water partition coefficient (Wildman–Crippen LogP) is 5.92. The average Bonchev–Trinajstić information content (AvgIpc) is 3.18. The Kier molecular flexibility index (Phi) is 5.92. The maximum Gasteiger partial charge on any atom is 0.306 e. The van der Waals surface area contributed by atoms with Gasteiger partial charge in [-0.05, 0) is 79.8 Å². The van der Waals surface area contributed by atoms with Crippen LogP contribution in [0.4, 0.5) is 0 Å². The van der Waals surface area contributed by atoms with Gasteiger partial charge in [-0.15, -0.1) is 0 Å². The highest BCUT2D eigenvalue weighted by Crippen LogP contribution is 2.40. The summed E-state index contributed by atoms with van der Waals surface area (Å²) in [5.74, 6) is -1.39. The Morgan fingerprint density at radius 2 is 1.97 bits per heavy atom. The van der Waals surface area contributed by atoms with E-state index in [9.17, 15) is 14.7 Å². The SMILES string of the molecule is CCOC1(c2ccc3c(c2)c2c(n3C(=O)c3ccc(Cl)cc3)CCC(C(=O)O)C2)C=CC=CC1. The third kappa shape index (κ3) is 3.79. The van der Waals surface area contributed by atoms with Gasteiger partial charge < -0.3 is 9.84 Å². The molecular formula is C28H26ClNO4. The van der Waals surface area contributed by atoms with Crippen LogP contribution in [-0.4, -0.2) is 28.2 Å². The van der Waals surface area contributed by atoms with Gasteiger partial charge in [-0.2, -0.15) is 0 Å². The summed E-state index contributed by atoms with van der Waals surface area (Å²) < 4.78 is 7.99. The Hall–Kier alpha value is -3.15. The molecule has 5 nitrogen and oxygen atoms in total. The molecule has 174 valence electrons. The number of hydrogen-bond acceptors (Lipinski definition) is 3. The first-order valence-corrected chi connectivity index (χ1v) is 12.0. The summed E-state index contributed by atoms with van der Waals surface area (Å²) in [5, 5.41) is 11.2. The first-order chi connectivity index (χ1) is 16.4. The molecule has 2 unspecified atom stereocenters. The van der Waals surface area contributed by atoms with Gasteiger partial charge in [-0.1, -0.05) is 35.9 Å².